The zero-order valence-electron chi connectivity index (χ0n) is 13.2. The third-order valence-electron chi connectivity index (χ3n) is 3.48. The molecular formula is C17H12F2N2O4S. The second kappa shape index (κ2) is 6.50. The van der Waals surface area contributed by atoms with Crippen LogP contribution < -0.4 is 14.8 Å². The molecule has 1 aliphatic rings. The maximum atomic E-state index is 13.0. The highest BCUT2D eigenvalue weighted by Gasteiger charge is 2.43. The number of alkyl halides is 2. The number of rotatable bonds is 5. The normalized spacial score (nSPS) is 14.5. The summed E-state index contributed by atoms with van der Waals surface area (Å²) in [5, 5.41) is 3.32. The van der Waals surface area contributed by atoms with E-state index in [4.69, 9.17) is 4.74 Å². The number of nitrogens with zero attached hydrogens (tertiary/aromatic N) is 1. The number of nitrogens with one attached hydrogen (secondary N) is 1. The molecule has 0 atom stereocenters. The Morgan fingerprint density at radius 1 is 1.19 bits per heavy atom. The summed E-state index contributed by atoms with van der Waals surface area (Å²) in [6.07, 6.45) is -3.69. The summed E-state index contributed by atoms with van der Waals surface area (Å²) in [6.45, 7) is 0.0145. The van der Waals surface area contributed by atoms with Gasteiger partial charge in [0.1, 0.15) is 11.6 Å². The Kier molecular flexibility index (Phi) is 4.17. The molecule has 134 valence electrons. The second-order valence-electron chi connectivity index (χ2n) is 5.45. The topological polar surface area (TPSA) is 69.7 Å². The van der Waals surface area contributed by atoms with E-state index in [1.165, 1.54) is 29.5 Å². The predicted octanol–water partition coefficient (Wildman–Crippen LogP) is 3.77. The highest BCUT2D eigenvalue weighted by atomic mass is 32.1. The summed E-state index contributed by atoms with van der Waals surface area (Å²) >= 11 is 1.50. The lowest BCUT2D eigenvalue weighted by atomic mass is 10.3. The fourth-order valence-electron chi connectivity index (χ4n) is 2.44. The third-order valence-corrected chi connectivity index (χ3v) is 4.49. The predicted molar refractivity (Wildman–Crippen MR) is 90.6 cm³/mol. The van der Waals surface area contributed by atoms with Gasteiger partial charge in [-0.25, -0.2) is 4.98 Å². The van der Waals surface area contributed by atoms with Crippen molar-refractivity contribution >= 4 is 33.1 Å². The van der Waals surface area contributed by atoms with Crippen LogP contribution in [-0.4, -0.2) is 23.8 Å². The average molecular weight is 378 g/mol. The highest BCUT2D eigenvalue weighted by molar-refractivity contribution is 7.18. The summed E-state index contributed by atoms with van der Waals surface area (Å²) in [4.78, 5) is 16.3. The number of hydrogen-bond acceptors (Lipinski definition) is 6. The van der Waals surface area contributed by atoms with Gasteiger partial charge in [-0.1, -0.05) is 12.1 Å². The number of amides is 1. The van der Waals surface area contributed by atoms with Crippen molar-refractivity contribution in [2.75, 3.05) is 11.9 Å². The molecule has 0 radical (unpaired) electrons. The van der Waals surface area contributed by atoms with Gasteiger partial charge in [0.15, 0.2) is 11.5 Å². The number of fused-ring (bicyclic) bond motifs is 2. The standard InChI is InChI=1S/C17H12F2N2O4S/c18-17(19)24-12-6-5-10(7-13(12)25-17)20-15(22)8-23-9-16-21-11-3-1-2-4-14(11)26-16/h1-7H,8-9H2,(H,20,22). The molecule has 0 bridgehead atoms. The van der Waals surface area contributed by atoms with Crippen LogP contribution in [-0.2, 0) is 16.1 Å². The van der Waals surface area contributed by atoms with E-state index in [0.717, 1.165) is 15.2 Å². The lowest BCUT2D eigenvalue weighted by Crippen LogP contribution is -2.25. The number of para-hydroxylation sites is 1. The van der Waals surface area contributed by atoms with Crippen molar-refractivity contribution in [2.45, 2.75) is 12.9 Å². The highest BCUT2D eigenvalue weighted by Crippen LogP contribution is 2.42. The number of halogens is 2. The van der Waals surface area contributed by atoms with Crippen molar-refractivity contribution in [1.29, 1.82) is 0 Å². The van der Waals surface area contributed by atoms with E-state index in [2.05, 4.69) is 19.8 Å². The zero-order chi connectivity index (χ0) is 18.1. The van der Waals surface area contributed by atoms with Gasteiger partial charge in [-0.05, 0) is 24.3 Å². The first kappa shape index (κ1) is 16.7. The number of carbonyl (C=O) groups excluding carboxylic acids is 1. The number of benzene rings is 2. The first-order chi connectivity index (χ1) is 12.5. The van der Waals surface area contributed by atoms with Crippen molar-refractivity contribution in [1.82, 2.24) is 4.98 Å². The van der Waals surface area contributed by atoms with Crippen molar-refractivity contribution < 1.29 is 27.8 Å². The number of anilines is 1. The Morgan fingerprint density at radius 3 is 2.85 bits per heavy atom. The number of hydrogen-bond donors (Lipinski definition) is 1. The molecule has 1 aliphatic heterocycles. The van der Waals surface area contributed by atoms with E-state index in [0.29, 0.717) is 5.69 Å². The molecule has 1 amide bonds. The second-order valence-corrected chi connectivity index (χ2v) is 6.56. The van der Waals surface area contributed by atoms with Gasteiger partial charge in [0.05, 0.1) is 16.8 Å². The summed E-state index contributed by atoms with van der Waals surface area (Å²) in [5.74, 6) is -0.639. The van der Waals surface area contributed by atoms with E-state index in [1.54, 1.807) is 0 Å². The van der Waals surface area contributed by atoms with Crippen molar-refractivity contribution in [3.8, 4) is 11.5 Å². The third kappa shape index (κ3) is 3.58. The zero-order valence-corrected chi connectivity index (χ0v) is 14.0. The van der Waals surface area contributed by atoms with Gasteiger partial charge in [-0.2, -0.15) is 0 Å². The number of aromatic nitrogens is 1. The van der Waals surface area contributed by atoms with Crippen LogP contribution in [0.25, 0.3) is 10.2 Å². The maximum Gasteiger partial charge on any atom is 0.586 e. The molecule has 2 aromatic carbocycles. The van der Waals surface area contributed by atoms with Gasteiger partial charge in [0.25, 0.3) is 0 Å². The Hall–Kier alpha value is -2.78. The first-order valence-electron chi connectivity index (χ1n) is 7.60. The fraction of sp³-hybridized carbons (Fsp3) is 0.176. The molecule has 1 aromatic heterocycles. The van der Waals surface area contributed by atoms with Crippen LogP contribution in [0.3, 0.4) is 0 Å². The molecule has 0 fully saturated rings. The van der Waals surface area contributed by atoms with Crippen LogP contribution in [0.1, 0.15) is 5.01 Å². The number of carbonyl (C=O) groups is 1. The SMILES string of the molecule is O=C(COCc1nc2ccccc2s1)Nc1ccc2c(c1)OC(F)(F)O2. The smallest absolute Gasteiger partial charge is 0.395 e. The number of ether oxygens (including phenoxy) is 3. The summed E-state index contributed by atoms with van der Waals surface area (Å²) < 4.78 is 41.0. The molecule has 0 spiro atoms. The molecule has 0 saturated heterocycles. The molecule has 0 aliphatic carbocycles. The molecule has 1 N–H and O–H groups in total. The molecule has 3 aromatic rings. The molecule has 6 nitrogen and oxygen atoms in total. The summed E-state index contributed by atoms with van der Waals surface area (Å²) in [7, 11) is 0. The largest absolute Gasteiger partial charge is 0.586 e. The van der Waals surface area contributed by atoms with Crippen LogP contribution >= 0.6 is 11.3 Å². The van der Waals surface area contributed by atoms with E-state index in [9.17, 15) is 13.6 Å². The van der Waals surface area contributed by atoms with Crippen molar-refractivity contribution in [3.05, 3.63) is 47.5 Å². The molecule has 9 heteroatoms. The summed E-state index contributed by atoms with van der Waals surface area (Å²) in [6, 6.07) is 11.7. The van der Waals surface area contributed by atoms with Crippen LogP contribution in [0.5, 0.6) is 11.5 Å². The molecule has 0 saturated carbocycles. The van der Waals surface area contributed by atoms with Gasteiger partial charge in [-0.15, -0.1) is 20.1 Å². The first-order valence-corrected chi connectivity index (χ1v) is 8.42. The Balaban J connectivity index is 1.30. The quantitative estimate of drug-likeness (QED) is 0.732. The van der Waals surface area contributed by atoms with Gasteiger partial charge < -0.3 is 19.5 Å². The van der Waals surface area contributed by atoms with Crippen LogP contribution in [0.4, 0.5) is 14.5 Å². The molecule has 4 rings (SSSR count). The number of thiazole rings is 1. The van der Waals surface area contributed by atoms with Crippen LogP contribution in [0.2, 0.25) is 0 Å². The van der Waals surface area contributed by atoms with Gasteiger partial charge in [-0.3, -0.25) is 4.79 Å². The molecular weight excluding hydrogens is 366 g/mol. The van der Waals surface area contributed by atoms with E-state index < -0.39 is 12.2 Å². The van der Waals surface area contributed by atoms with Gasteiger partial charge >= 0.3 is 6.29 Å². The van der Waals surface area contributed by atoms with Crippen molar-refractivity contribution in [3.63, 3.8) is 0 Å². The molecule has 26 heavy (non-hydrogen) atoms. The lowest BCUT2D eigenvalue weighted by Gasteiger charge is -2.06. The lowest BCUT2D eigenvalue weighted by molar-refractivity contribution is -0.286. The van der Waals surface area contributed by atoms with Gasteiger partial charge in [0, 0.05) is 11.8 Å². The van der Waals surface area contributed by atoms with Crippen LogP contribution in [0, 0.1) is 0 Å². The van der Waals surface area contributed by atoms with Crippen LogP contribution in [0.15, 0.2) is 42.5 Å². The maximum absolute atomic E-state index is 13.0. The molecule has 0 unspecified atom stereocenters. The van der Waals surface area contributed by atoms with E-state index in [-0.39, 0.29) is 24.7 Å². The Labute approximate surface area is 150 Å². The Bertz CT molecular complexity index is 943. The minimum atomic E-state index is -3.69. The molecule has 2 heterocycles. The Morgan fingerprint density at radius 2 is 2.00 bits per heavy atom. The van der Waals surface area contributed by atoms with E-state index in [1.807, 2.05) is 24.3 Å². The monoisotopic (exact) mass is 378 g/mol. The minimum Gasteiger partial charge on any atom is -0.395 e. The van der Waals surface area contributed by atoms with E-state index >= 15 is 0 Å². The average Bonchev–Trinajstić information content (AvgIpc) is 3.12. The summed E-state index contributed by atoms with van der Waals surface area (Å²) in [5.41, 5.74) is 1.19. The van der Waals surface area contributed by atoms with Crippen molar-refractivity contribution in [2.24, 2.45) is 0 Å². The minimum absolute atomic E-state index is 0.0833. The van der Waals surface area contributed by atoms with Gasteiger partial charge in [0.2, 0.25) is 5.91 Å². The fourth-order valence-corrected chi connectivity index (χ4v) is 3.34.